The number of carbonyl (C=O) groups is 1. The van der Waals surface area contributed by atoms with Crippen molar-refractivity contribution in [1.82, 2.24) is 24.4 Å². The molecule has 1 aromatic carbocycles. The summed E-state index contributed by atoms with van der Waals surface area (Å²) in [4.78, 5) is 16.8. The van der Waals surface area contributed by atoms with Crippen LogP contribution in [0.1, 0.15) is 17.3 Å². The molecule has 0 atom stereocenters. The Hall–Kier alpha value is -3.88. The Balaban J connectivity index is 1.80. The van der Waals surface area contributed by atoms with Gasteiger partial charge in [0, 0.05) is 41.8 Å². The maximum Gasteiger partial charge on any atom is 0.345 e. The molecular formula is C21H21N5O4. The molecule has 0 bridgehead atoms. The van der Waals surface area contributed by atoms with Crippen molar-refractivity contribution in [2.45, 2.75) is 13.5 Å². The summed E-state index contributed by atoms with van der Waals surface area (Å²) in [5, 5.41) is 8.75. The topological polar surface area (TPSA) is 92.8 Å². The highest BCUT2D eigenvalue weighted by Gasteiger charge is 2.22. The van der Waals surface area contributed by atoms with Gasteiger partial charge in [-0.05, 0) is 24.6 Å². The van der Waals surface area contributed by atoms with E-state index < -0.39 is 5.97 Å². The first-order valence-electron chi connectivity index (χ1n) is 9.30. The summed E-state index contributed by atoms with van der Waals surface area (Å²) in [6.07, 6.45) is 9.18. The Morgan fingerprint density at radius 2 is 1.63 bits per heavy atom. The molecule has 9 heteroatoms. The molecular weight excluding hydrogens is 386 g/mol. The molecule has 0 aliphatic rings. The summed E-state index contributed by atoms with van der Waals surface area (Å²) in [5.41, 5.74) is 4.30. The fourth-order valence-corrected chi connectivity index (χ4v) is 3.28. The second-order valence-electron chi connectivity index (χ2n) is 6.50. The van der Waals surface area contributed by atoms with Crippen LogP contribution in [0.4, 0.5) is 0 Å². The van der Waals surface area contributed by atoms with Gasteiger partial charge in [0.25, 0.3) is 0 Å². The van der Waals surface area contributed by atoms with E-state index in [4.69, 9.17) is 14.2 Å². The van der Waals surface area contributed by atoms with E-state index in [0.29, 0.717) is 17.1 Å². The van der Waals surface area contributed by atoms with Crippen LogP contribution in [0, 0.1) is 0 Å². The lowest BCUT2D eigenvalue weighted by Crippen LogP contribution is -2.07. The lowest BCUT2D eigenvalue weighted by molar-refractivity contribution is 0.0593. The van der Waals surface area contributed by atoms with E-state index in [2.05, 4.69) is 15.2 Å². The third-order valence-corrected chi connectivity index (χ3v) is 4.85. The number of methoxy groups -OCH3 is 3. The lowest BCUT2D eigenvalue weighted by atomic mass is 10.0. The maximum absolute atomic E-state index is 12.2. The molecule has 0 saturated carbocycles. The van der Waals surface area contributed by atoms with Crippen LogP contribution in [0.25, 0.3) is 27.9 Å². The average Bonchev–Trinajstić information content (AvgIpc) is 3.44. The molecule has 30 heavy (non-hydrogen) atoms. The number of rotatable bonds is 6. The molecule has 0 unspecified atom stereocenters. The standard InChI is InChI=1S/C21H21N5O4/c1-5-25-11-15(9-23-25)14-8-22-20-16(10-24-26(20)12-14)13-6-17(28-2)19(21(27)30-4)18(7-13)29-3/h6-12H,5H2,1-4H3. The van der Waals surface area contributed by atoms with E-state index in [0.717, 1.165) is 28.8 Å². The minimum absolute atomic E-state index is 0.228. The van der Waals surface area contributed by atoms with Gasteiger partial charge in [-0.2, -0.15) is 10.2 Å². The summed E-state index contributed by atoms with van der Waals surface area (Å²) in [6, 6.07) is 3.49. The Bertz CT molecular complexity index is 1200. The largest absolute Gasteiger partial charge is 0.496 e. The summed E-state index contributed by atoms with van der Waals surface area (Å²) in [7, 11) is 4.29. The summed E-state index contributed by atoms with van der Waals surface area (Å²) in [5.74, 6) is 0.156. The number of carbonyl (C=O) groups excluding carboxylic acids is 1. The number of esters is 1. The summed E-state index contributed by atoms with van der Waals surface area (Å²) in [6.45, 7) is 2.83. The Labute approximate surface area is 172 Å². The molecule has 4 rings (SSSR count). The highest BCUT2D eigenvalue weighted by atomic mass is 16.5. The molecule has 0 radical (unpaired) electrons. The van der Waals surface area contributed by atoms with Crippen molar-refractivity contribution in [3.63, 3.8) is 0 Å². The van der Waals surface area contributed by atoms with Gasteiger partial charge < -0.3 is 14.2 Å². The number of ether oxygens (including phenoxy) is 3. The first kappa shape index (κ1) is 19.4. The first-order valence-corrected chi connectivity index (χ1v) is 9.30. The fraction of sp³-hybridized carbons (Fsp3) is 0.238. The average molecular weight is 407 g/mol. The van der Waals surface area contributed by atoms with Crippen LogP contribution in [0.3, 0.4) is 0 Å². The van der Waals surface area contributed by atoms with E-state index in [1.165, 1.54) is 21.3 Å². The zero-order valence-electron chi connectivity index (χ0n) is 17.1. The van der Waals surface area contributed by atoms with E-state index in [9.17, 15) is 4.79 Å². The van der Waals surface area contributed by atoms with Crippen LogP contribution >= 0.6 is 0 Å². The molecule has 9 nitrogen and oxygen atoms in total. The summed E-state index contributed by atoms with van der Waals surface area (Å²) >= 11 is 0. The second kappa shape index (κ2) is 7.86. The summed E-state index contributed by atoms with van der Waals surface area (Å²) < 4.78 is 19.2. The van der Waals surface area contributed by atoms with Gasteiger partial charge in [0.2, 0.25) is 0 Å². The van der Waals surface area contributed by atoms with Crippen LogP contribution in [-0.4, -0.2) is 51.7 Å². The van der Waals surface area contributed by atoms with Gasteiger partial charge in [-0.3, -0.25) is 4.68 Å². The molecule has 0 spiro atoms. The Morgan fingerprint density at radius 3 is 2.23 bits per heavy atom. The molecule has 3 heterocycles. The molecule has 4 aromatic rings. The van der Waals surface area contributed by atoms with E-state index in [-0.39, 0.29) is 5.56 Å². The monoisotopic (exact) mass is 407 g/mol. The van der Waals surface area contributed by atoms with Gasteiger partial charge in [-0.25, -0.2) is 14.3 Å². The minimum Gasteiger partial charge on any atom is -0.496 e. The first-order chi connectivity index (χ1) is 14.6. The van der Waals surface area contributed by atoms with Gasteiger partial charge in [-0.15, -0.1) is 0 Å². The van der Waals surface area contributed by atoms with E-state index in [1.54, 1.807) is 35.2 Å². The highest BCUT2D eigenvalue weighted by Crippen LogP contribution is 2.36. The third-order valence-electron chi connectivity index (χ3n) is 4.85. The highest BCUT2D eigenvalue weighted by molar-refractivity contribution is 5.97. The second-order valence-corrected chi connectivity index (χ2v) is 6.50. The molecule has 0 aliphatic heterocycles. The van der Waals surface area contributed by atoms with Crippen LogP contribution in [0.5, 0.6) is 11.5 Å². The van der Waals surface area contributed by atoms with Crippen LogP contribution in [0.15, 0.2) is 43.1 Å². The van der Waals surface area contributed by atoms with E-state index in [1.807, 2.05) is 24.0 Å². The van der Waals surface area contributed by atoms with Crippen LogP contribution in [0.2, 0.25) is 0 Å². The fourth-order valence-electron chi connectivity index (χ4n) is 3.28. The number of benzene rings is 1. The molecule has 0 fully saturated rings. The molecule has 0 saturated heterocycles. The quantitative estimate of drug-likeness (QED) is 0.454. The number of hydrogen-bond donors (Lipinski definition) is 0. The molecule has 0 amide bonds. The number of aryl methyl sites for hydroxylation is 1. The molecule has 0 N–H and O–H groups in total. The molecule has 154 valence electrons. The van der Waals surface area contributed by atoms with Crippen LogP contribution < -0.4 is 9.47 Å². The van der Waals surface area contributed by atoms with Crippen molar-refractivity contribution in [3.8, 4) is 33.8 Å². The van der Waals surface area contributed by atoms with Crippen molar-refractivity contribution < 1.29 is 19.0 Å². The van der Waals surface area contributed by atoms with Gasteiger partial charge in [0.15, 0.2) is 5.65 Å². The molecule has 0 aliphatic carbocycles. The van der Waals surface area contributed by atoms with Gasteiger partial charge in [-0.1, -0.05) is 0 Å². The Kier molecular flexibility index (Phi) is 5.09. The van der Waals surface area contributed by atoms with Crippen molar-refractivity contribution >= 4 is 11.6 Å². The van der Waals surface area contributed by atoms with Crippen molar-refractivity contribution in [3.05, 3.63) is 48.7 Å². The number of hydrogen-bond acceptors (Lipinski definition) is 7. The van der Waals surface area contributed by atoms with Gasteiger partial charge in [0.05, 0.1) is 33.7 Å². The van der Waals surface area contributed by atoms with Gasteiger partial charge in [0.1, 0.15) is 17.1 Å². The smallest absolute Gasteiger partial charge is 0.345 e. The molecule has 3 aromatic heterocycles. The normalized spacial score (nSPS) is 10.9. The number of nitrogens with zero attached hydrogens (tertiary/aromatic N) is 5. The zero-order chi connectivity index (χ0) is 21.3. The Morgan fingerprint density at radius 1 is 0.933 bits per heavy atom. The number of aromatic nitrogens is 5. The minimum atomic E-state index is -0.537. The van der Waals surface area contributed by atoms with Crippen molar-refractivity contribution in [1.29, 1.82) is 0 Å². The maximum atomic E-state index is 12.2. The predicted molar refractivity (Wildman–Crippen MR) is 110 cm³/mol. The SMILES string of the molecule is CCn1cc(-c2cnc3c(-c4cc(OC)c(C(=O)OC)c(OC)c4)cnn3c2)cn1. The number of fused-ring (bicyclic) bond motifs is 1. The lowest BCUT2D eigenvalue weighted by Gasteiger charge is -2.13. The van der Waals surface area contributed by atoms with Crippen molar-refractivity contribution in [2.24, 2.45) is 0 Å². The van der Waals surface area contributed by atoms with Crippen molar-refractivity contribution in [2.75, 3.05) is 21.3 Å². The van der Waals surface area contributed by atoms with Gasteiger partial charge >= 0.3 is 5.97 Å². The predicted octanol–water partition coefficient (Wildman–Crippen LogP) is 3.08. The van der Waals surface area contributed by atoms with E-state index >= 15 is 0 Å². The zero-order valence-corrected chi connectivity index (χ0v) is 17.1. The van der Waals surface area contributed by atoms with Crippen LogP contribution in [-0.2, 0) is 11.3 Å². The third kappa shape index (κ3) is 3.24.